The second-order valence-electron chi connectivity index (χ2n) is 8.82. The maximum atomic E-state index is 13.5. The molecule has 3 amide bonds. The maximum Gasteiger partial charge on any atom is 0.253 e. The zero-order chi connectivity index (χ0) is 24.9. The van der Waals surface area contributed by atoms with Crippen molar-refractivity contribution in [2.24, 2.45) is 0 Å². The summed E-state index contributed by atoms with van der Waals surface area (Å²) >= 11 is 0. The smallest absolute Gasteiger partial charge is 0.253 e. The Labute approximate surface area is 206 Å². The quantitative estimate of drug-likeness (QED) is 0.622. The normalized spacial score (nSPS) is 16.9. The molecule has 1 unspecified atom stereocenters. The standard InChI is InChI=1S/C27H34N4O4/c1-4-29(5-2)26(33)19-10-15-22-24(17-19)31(27(34)23-9-7-8-16-30(22)23)18-25(32)28-20-11-13-21(14-12-20)35-6-3/h10-15,17,23H,4-9,16,18H2,1-3H3,(H,28,32). The summed E-state index contributed by atoms with van der Waals surface area (Å²) in [5, 5.41) is 2.88. The Bertz CT molecular complexity index is 1080. The molecule has 0 spiro atoms. The molecule has 8 heteroatoms. The molecule has 2 aliphatic rings. The molecule has 4 rings (SSSR count). The Morgan fingerprint density at radius 1 is 1.03 bits per heavy atom. The lowest BCUT2D eigenvalue weighted by atomic mass is 9.95. The fourth-order valence-electron chi connectivity index (χ4n) is 4.89. The summed E-state index contributed by atoms with van der Waals surface area (Å²) in [6.07, 6.45) is 2.75. The average molecular weight is 479 g/mol. The Morgan fingerprint density at radius 2 is 1.77 bits per heavy atom. The number of amides is 3. The zero-order valence-electron chi connectivity index (χ0n) is 20.8. The Morgan fingerprint density at radius 3 is 2.46 bits per heavy atom. The Balaban J connectivity index is 1.61. The maximum absolute atomic E-state index is 13.5. The summed E-state index contributed by atoms with van der Waals surface area (Å²) in [7, 11) is 0. The van der Waals surface area contributed by atoms with Gasteiger partial charge in [0.05, 0.1) is 18.0 Å². The van der Waals surface area contributed by atoms with Crippen molar-refractivity contribution in [3.63, 3.8) is 0 Å². The van der Waals surface area contributed by atoms with Crippen molar-refractivity contribution in [1.82, 2.24) is 4.90 Å². The van der Waals surface area contributed by atoms with Crippen molar-refractivity contribution in [2.45, 2.75) is 46.1 Å². The molecule has 0 radical (unpaired) electrons. The molecule has 2 heterocycles. The lowest BCUT2D eigenvalue weighted by Crippen LogP contribution is -2.56. The third-order valence-electron chi connectivity index (χ3n) is 6.68. The topological polar surface area (TPSA) is 82.2 Å². The van der Waals surface area contributed by atoms with Crippen LogP contribution < -0.4 is 19.9 Å². The first-order chi connectivity index (χ1) is 17.0. The molecule has 0 aromatic heterocycles. The van der Waals surface area contributed by atoms with Crippen LogP contribution >= 0.6 is 0 Å². The van der Waals surface area contributed by atoms with Gasteiger partial charge in [-0.15, -0.1) is 0 Å². The van der Waals surface area contributed by atoms with Gasteiger partial charge in [-0.05, 0) is 82.5 Å². The number of nitrogens with zero attached hydrogens (tertiary/aromatic N) is 3. The van der Waals surface area contributed by atoms with E-state index in [4.69, 9.17) is 4.74 Å². The first kappa shape index (κ1) is 24.6. The number of hydrogen-bond donors (Lipinski definition) is 1. The van der Waals surface area contributed by atoms with Gasteiger partial charge in [-0.2, -0.15) is 0 Å². The zero-order valence-corrected chi connectivity index (χ0v) is 20.8. The number of piperidine rings is 1. The third kappa shape index (κ3) is 5.11. The van der Waals surface area contributed by atoms with Gasteiger partial charge >= 0.3 is 0 Å². The van der Waals surface area contributed by atoms with Gasteiger partial charge in [-0.3, -0.25) is 19.3 Å². The predicted octanol–water partition coefficient (Wildman–Crippen LogP) is 3.91. The van der Waals surface area contributed by atoms with Crippen molar-refractivity contribution in [3.8, 4) is 5.75 Å². The molecule has 2 aliphatic heterocycles. The van der Waals surface area contributed by atoms with E-state index in [1.54, 1.807) is 40.1 Å². The summed E-state index contributed by atoms with van der Waals surface area (Å²) in [5.41, 5.74) is 2.67. The Hall–Kier alpha value is -3.55. The second kappa shape index (κ2) is 10.8. The summed E-state index contributed by atoms with van der Waals surface area (Å²) < 4.78 is 5.45. The molecule has 8 nitrogen and oxygen atoms in total. The SMILES string of the molecule is CCOc1ccc(NC(=O)CN2C(=O)C3CCCCN3c3ccc(C(=O)N(CC)CC)cc32)cc1. The number of hydrogen-bond acceptors (Lipinski definition) is 5. The lowest BCUT2D eigenvalue weighted by Gasteiger charge is -2.45. The highest BCUT2D eigenvalue weighted by Crippen LogP contribution is 2.40. The molecule has 0 saturated carbocycles. The molecule has 35 heavy (non-hydrogen) atoms. The third-order valence-corrected chi connectivity index (χ3v) is 6.68. The van der Waals surface area contributed by atoms with Crippen molar-refractivity contribution in [1.29, 1.82) is 0 Å². The molecule has 0 bridgehead atoms. The molecular weight excluding hydrogens is 444 g/mol. The van der Waals surface area contributed by atoms with E-state index in [0.29, 0.717) is 36.6 Å². The highest BCUT2D eigenvalue weighted by molar-refractivity contribution is 6.11. The minimum Gasteiger partial charge on any atom is -0.494 e. The number of ether oxygens (including phenoxy) is 1. The molecule has 186 valence electrons. The fourth-order valence-corrected chi connectivity index (χ4v) is 4.89. The number of benzene rings is 2. The van der Waals surface area contributed by atoms with Crippen LogP contribution in [0.4, 0.5) is 17.1 Å². The van der Waals surface area contributed by atoms with Crippen LogP contribution in [-0.2, 0) is 9.59 Å². The van der Waals surface area contributed by atoms with E-state index < -0.39 is 0 Å². The summed E-state index contributed by atoms with van der Waals surface area (Å²) in [6.45, 7) is 8.25. The second-order valence-corrected chi connectivity index (χ2v) is 8.82. The van der Waals surface area contributed by atoms with Crippen LogP contribution in [0.2, 0.25) is 0 Å². The minimum absolute atomic E-state index is 0.0789. The first-order valence-electron chi connectivity index (χ1n) is 12.5. The number of carbonyl (C=O) groups excluding carboxylic acids is 3. The molecule has 2 aromatic carbocycles. The van der Waals surface area contributed by atoms with E-state index in [1.807, 2.05) is 32.9 Å². The first-order valence-corrected chi connectivity index (χ1v) is 12.5. The van der Waals surface area contributed by atoms with E-state index in [9.17, 15) is 14.4 Å². The highest BCUT2D eigenvalue weighted by Gasteiger charge is 2.40. The minimum atomic E-state index is -0.293. The molecule has 1 atom stereocenters. The van der Waals surface area contributed by atoms with Crippen molar-refractivity contribution in [3.05, 3.63) is 48.0 Å². The summed E-state index contributed by atoms with van der Waals surface area (Å²) in [6, 6.07) is 12.4. The van der Waals surface area contributed by atoms with Gasteiger partial charge in [0.25, 0.3) is 5.91 Å². The predicted molar refractivity (Wildman–Crippen MR) is 137 cm³/mol. The van der Waals surface area contributed by atoms with Gasteiger partial charge in [-0.1, -0.05) is 0 Å². The van der Waals surface area contributed by atoms with Crippen LogP contribution in [0.1, 0.15) is 50.4 Å². The van der Waals surface area contributed by atoms with Gasteiger partial charge in [0.15, 0.2) is 0 Å². The fraction of sp³-hybridized carbons (Fsp3) is 0.444. The molecule has 1 fully saturated rings. The number of fused-ring (bicyclic) bond motifs is 3. The summed E-state index contributed by atoms with van der Waals surface area (Å²) in [5.74, 6) is 0.267. The average Bonchev–Trinajstić information content (AvgIpc) is 2.88. The highest BCUT2D eigenvalue weighted by atomic mass is 16.5. The molecular formula is C27H34N4O4. The largest absolute Gasteiger partial charge is 0.494 e. The van der Waals surface area contributed by atoms with E-state index in [1.165, 1.54) is 0 Å². The molecule has 1 saturated heterocycles. The number of rotatable bonds is 8. The monoisotopic (exact) mass is 478 g/mol. The summed E-state index contributed by atoms with van der Waals surface area (Å²) in [4.78, 5) is 45.0. The van der Waals surface area contributed by atoms with Crippen LogP contribution in [-0.4, -0.2) is 61.4 Å². The molecule has 2 aromatic rings. The van der Waals surface area contributed by atoms with Crippen LogP contribution in [0.25, 0.3) is 0 Å². The van der Waals surface area contributed by atoms with Crippen LogP contribution in [0, 0.1) is 0 Å². The number of anilines is 3. The Kier molecular flexibility index (Phi) is 7.58. The van der Waals surface area contributed by atoms with Crippen molar-refractivity contribution >= 4 is 34.8 Å². The van der Waals surface area contributed by atoms with Gasteiger partial charge < -0.3 is 19.9 Å². The van der Waals surface area contributed by atoms with Gasteiger partial charge in [0.1, 0.15) is 18.3 Å². The number of nitrogens with one attached hydrogen (secondary N) is 1. The molecule has 0 aliphatic carbocycles. The van der Waals surface area contributed by atoms with E-state index in [2.05, 4.69) is 10.2 Å². The van der Waals surface area contributed by atoms with Crippen LogP contribution in [0.3, 0.4) is 0 Å². The van der Waals surface area contributed by atoms with E-state index in [-0.39, 0.29) is 30.3 Å². The van der Waals surface area contributed by atoms with Crippen molar-refractivity contribution < 1.29 is 19.1 Å². The van der Waals surface area contributed by atoms with E-state index in [0.717, 1.165) is 37.2 Å². The lowest BCUT2D eigenvalue weighted by molar-refractivity contribution is -0.123. The van der Waals surface area contributed by atoms with Crippen LogP contribution in [0.5, 0.6) is 5.75 Å². The van der Waals surface area contributed by atoms with Gasteiger partial charge in [0, 0.05) is 30.9 Å². The number of carbonyl (C=O) groups is 3. The van der Waals surface area contributed by atoms with E-state index >= 15 is 0 Å². The van der Waals surface area contributed by atoms with Gasteiger partial charge in [-0.25, -0.2) is 0 Å². The van der Waals surface area contributed by atoms with Crippen molar-refractivity contribution in [2.75, 3.05) is 47.9 Å². The van der Waals surface area contributed by atoms with Crippen LogP contribution in [0.15, 0.2) is 42.5 Å². The van der Waals surface area contributed by atoms with Gasteiger partial charge in [0.2, 0.25) is 11.8 Å². The molecule has 1 N–H and O–H groups in total.